The fraction of sp³-hybridized carbons (Fsp3) is 0.588. The van der Waals surface area contributed by atoms with Crippen LogP contribution < -0.4 is 0 Å². The van der Waals surface area contributed by atoms with E-state index < -0.39 is 36.2 Å². The Hall–Kier alpha value is -1.51. The lowest BCUT2D eigenvalue weighted by atomic mass is 10.0. The molecule has 0 spiro atoms. The van der Waals surface area contributed by atoms with Gasteiger partial charge in [-0.2, -0.15) is 0 Å². The summed E-state index contributed by atoms with van der Waals surface area (Å²) in [7, 11) is 1.14. The molecular formula is C17H24O7. The van der Waals surface area contributed by atoms with Gasteiger partial charge in [0.2, 0.25) is 0 Å². The lowest BCUT2D eigenvalue weighted by molar-refractivity contribution is -0.189. The van der Waals surface area contributed by atoms with E-state index in [0.717, 1.165) is 12.7 Å². The molecule has 134 valence electrons. The number of rotatable bonds is 7. The molecule has 1 aromatic rings. The average molecular weight is 340 g/mol. The van der Waals surface area contributed by atoms with Crippen molar-refractivity contribution in [2.75, 3.05) is 13.7 Å². The third kappa shape index (κ3) is 4.75. The summed E-state index contributed by atoms with van der Waals surface area (Å²) in [6.45, 7) is 3.85. The first-order valence-electron chi connectivity index (χ1n) is 7.75. The van der Waals surface area contributed by atoms with Gasteiger partial charge in [0, 0.05) is 0 Å². The molecule has 1 aromatic carbocycles. The summed E-state index contributed by atoms with van der Waals surface area (Å²) in [5.74, 6) is -1.76. The van der Waals surface area contributed by atoms with Gasteiger partial charge in [-0.05, 0) is 19.4 Å². The highest BCUT2D eigenvalue weighted by molar-refractivity contribution is 5.75. The van der Waals surface area contributed by atoms with Crippen molar-refractivity contribution >= 4 is 5.97 Å². The zero-order chi connectivity index (χ0) is 17.7. The zero-order valence-electron chi connectivity index (χ0n) is 14.0. The van der Waals surface area contributed by atoms with Gasteiger partial charge in [0.05, 0.1) is 20.3 Å². The van der Waals surface area contributed by atoms with Crippen LogP contribution in [0.2, 0.25) is 0 Å². The summed E-state index contributed by atoms with van der Waals surface area (Å²) in [5.41, 5.74) is 0.889. The lowest BCUT2D eigenvalue weighted by Crippen LogP contribution is -2.50. The molecule has 7 nitrogen and oxygen atoms in total. The number of aliphatic hydroxyl groups excluding tert-OH is 2. The Kier molecular flexibility index (Phi) is 6.31. The number of hydrogen-bond acceptors (Lipinski definition) is 7. The highest BCUT2D eigenvalue weighted by atomic mass is 16.7. The van der Waals surface area contributed by atoms with Crippen molar-refractivity contribution in [2.45, 2.75) is 50.7 Å². The van der Waals surface area contributed by atoms with Crippen LogP contribution >= 0.6 is 0 Å². The quantitative estimate of drug-likeness (QED) is 0.703. The Labute approximate surface area is 141 Å². The molecule has 24 heavy (non-hydrogen) atoms. The summed E-state index contributed by atoms with van der Waals surface area (Å²) in [6, 6.07) is 9.36. The minimum Gasteiger partial charge on any atom is -0.467 e. The van der Waals surface area contributed by atoms with Crippen LogP contribution in [0.25, 0.3) is 0 Å². The van der Waals surface area contributed by atoms with Crippen molar-refractivity contribution in [3.05, 3.63) is 35.9 Å². The third-order valence-electron chi connectivity index (χ3n) is 3.78. The van der Waals surface area contributed by atoms with Crippen molar-refractivity contribution < 1.29 is 34.0 Å². The smallest absolute Gasteiger partial charge is 0.337 e. The molecular weight excluding hydrogens is 316 g/mol. The van der Waals surface area contributed by atoms with Crippen LogP contribution in [0, 0.1) is 0 Å². The molecule has 4 atom stereocenters. The number of hydrogen-bond donors (Lipinski definition) is 2. The van der Waals surface area contributed by atoms with E-state index in [0.29, 0.717) is 0 Å². The number of esters is 1. The number of carbonyl (C=O) groups excluding carboxylic acids is 1. The highest BCUT2D eigenvalue weighted by Crippen LogP contribution is 2.28. The molecule has 0 amide bonds. The maximum Gasteiger partial charge on any atom is 0.337 e. The second-order valence-electron chi connectivity index (χ2n) is 6.09. The van der Waals surface area contributed by atoms with Crippen molar-refractivity contribution in [1.29, 1.82) is 0 Å². The third-order valence-corrected chi connectivity index (χ3v) is 3.78. The van der Waals surface area contributed by atoms with E-state index >= 15 is 0 Å². The van der Waals surface area contributed by atoms with E-state index in [1.165, 1.54) is 0 Å². The number of methoxy groups -OCH3 is 1. The normalized spacial score (nSPS) is 23.5. The standard InChI is InChI=1S/C17H24O7/c1-17(2)23-10-12(24-17)15(13(18)14(19)16(20)21-3)22-9-11-7-5-4-6-8-11/h4-8,12-15,18-19H,9-10H2,1-3H3/t12-,13-,14+,15+/m0/s1. The molecule has 1 fully saturated rings. The molecule has 1 aliphatic rings. The average Bonchev–Trinajstić information content (AvgIpc) is 2.94. The largest absolute Gasteiger partial charge is 0.467 e. The molecule has 1 heterocycles. The molecule has 7 heteroatoms. The van der Waals surface area contributed by atoms with Gasteiger partial charge in [-0.3, -0.25) is 0 Å². The summed E-state index contributed by atoms with van der Waals surface area (Å²) < 4.78 is 21.4. The van der Waals surface area contributed by atoms with Gasteiger partial charge in [0.15, 0.2) is 11.9 Å². The van der Waals surface area contributed by atoms with E-state index in [4.69, 9.17) is 14.2 Å². The predicted octanol–water partition coefficient (Wildman–Crippen LogP) is 0.618. The molecule has 1 aliphatic heterocycles. The van der Waals surface area contributed by atoms with Gasteiger partial charge in [0.1, 0.15) is 18.3 Å². The van der Waals surface area contributed by atoms with E-state index in [1.807, 2.05) is 30.3 Å². The number of benzene rings is 1. The molecule has 2 N–H and O–H groups in total. The van der Waals surface area contributed by atoms with Gasteiger partial charge in [-0.1, -0.05) is 30.3 Å². The SMILES string of the molecule is COC(=O)[C@H](O)[C@H](O)[C@H](OCc1ccccc1)[C@@H]1COC(C)(C)O1. The topological polar surface area (TPSA) is 94.5 Å². The van der Waals surface area contributed by atoms with Gasteiger partial charge >= 0.3 is 5.97 Å². The molecule has 0 aromatic heterocycles. The van der Waals surface area contributed by atoms with Crippen LogP contribution in [0.5, 0.6) is 0 Å². The van der Waals surface area contributed by atoms with Crippen LogP contribution in [0.4, 0.5) is 0 Å². The van der Waals surface area contributed by atoms with Crippen molar-refractivity contribution in [3.8, 4) is 0 Å². The summed E-state index contributed by atoms with van der Waals surface area (Å²) >= 11 is 0. The minimum absolute atomic E-state index is 0.178. The lowest BCUT2D eigenvalue weighted by Gasteiger charge is -2.30. The maximum absolute atomic E-state index is 11.5. The number of carbonyl (C=O) groups is 1. The van der Waals surface area contributed by atoms with Gasteiger partial charge in [0.25, 0.3) is 0 Å². The van der Waals surface area contributed by atoms with E-state index in [-0.39, 0.29) is 13.2 Å². The van der Waals surface area contributed by atoms with Crippen LogP contribution in [0.15, 0.2) is 30.3 Å². The second-order valence-corrected chi connectivity index (χ2v) is 6.09. The summed E-state index contributed by atoms with van der Waals surface area (Å²) in [4.78, 5) is 11.5. The zero-order valence-corrected chi connectivity index (χ0v) is 14.0. The first-order valence-corrected chi connectivity index (χ1v) is 7.75. The van der Waals surface area contributed by atoms with Gasteiger partial charge in [-0.15, -0.1) is 0 Å². The van der Waals surface area contributed by atoms with E-state index in [9.17, 15) is 15.0 Å². The van der Waals surface area contributed by atoms with E-state index in [1.54, 1.807) is 13.8 Å². The van der Waals surface area contributed by atoms with Crippen LogP contribution in [-0.4, -0.2) is 60.1 Å². The minimum atomic E-state index is -1.73. The Morgan fingerprint density at radius 3 is 2.54 bits per heavy atom. The van der Waals surface area contributed by atoms with Crippen LogP contribution in [-0.2, 0) is 30.3 Å². The summed E-state index contributed by atoms with van der Waals surface area (Å²) in [5, 5.41) is 20.3. The first-order chi connectivity index (χ1) is 11.3. The highest BCUT2D eigenvalue weighted by Gasteiger charge is 2.44. The molecule has 0 radical (unpaired) electrons. The van der Waals surface area contributed by atoms with Crippen molar-refractivity contribution in [2.24, 2.45) is 0 Å². The fourth-order valence-electron chi connectivity index (χ4n) is 2.51. The molecule has 2 rings (SSSR count). The Bertz CT molecular complexity index is 531. The first kappa shape index (κ1) is 18.8. The second kappa shape index (κ2) is 8.04. The van der Waals surface area contributed by atoms with Crippen LogP contribution in [0.1, 0.15) is 19.4 Å². The molecule has 0 saturated carbocycles. The monoisotopic (exact) mass is 340 g/mol. The molecule has 1 saturated heterocycles. The Morgan fingerprint density at radius 1 is 1.33 bits per heavy atom. The van der Waals surface area contributed by atoms with Crippen molar-refractivity contribution in [1.82, 2.24) is 0 Å². The Morgan fingerprint density at radius 2 is 2.00 bits per heavy atom. The van der Waals surface area contributed by atoms with Gasteiger partial charge in [-0.25, -0.2) is 4.79 Å². The van der Waals surface area contributed by atoms with E-state index in [2.05, 4.69) is 4.74 Å². The Balaban J connectivity index is 2.10. The number of aliphatic hydroxyl groups is 2. The summed E-state index contributed by atoms with van der Waals surface area (Å²) in [6.07, 6.45) is -4.83. The molecule has 0 aliphatic carbocycles. The van der Waals surface area contributed by atoms with Crippen molar-refractivity contribution in [3.63, 3.8) is 0 Å². The molecule has 0 bridgehead atoms. The van der Waals surface area contributed by atoms with Crippen LogP contribution in [0.3, 0.4) is 0 Å². The number of ether oxygens (including phenoxy) is 4. The maximum atomic E-state index is 11.5. The fourth-order valence-corrected chi connectivity index (χ4v) is 2.51. The van der Waals surface area contributed by atoms with Gasteiger partial charge < -0.3 is 29.2 Å². The molecule has 0 unspecified atom stereocenters. The predicted molar refractivity (Wildman–Crippen MR) is 84.0 cm³/mol.